The van der Waals surface area contributed by atoms with Crippen LogP contribution in [0.2, 0.25) is 0 Å². The van der Waals surface area contributed by atoms with E-state index in [4.69, 9.17) is 0 Å². The first-order chi connectivity index (χ1) is 17.9. The van der Waals surface area contributed by atoms with Crippen LogP contribution in [0.25, 0.3) is 5.65 Å². The molecule has 9 nitrogen and oxygen atoms in total. The molecule has 2 N–H and O–H groups in total. The van der Waals surface area contributed by atoms with Crippen molar-refractivity contribution < 1.29 is 30.7 Å². The van der Waals surface area contributed by atoms with E-state index in [1.165, 1.54) is 16.8 Å². The molecule has 0 radical (unpaired) electrons. The maximum atomic E-state index is 13.6. The second kappa shape index (κ2) is 9.41. The molecule has 1 aliphatic heterocycles. The van der Waals surface area contributed by atoms with Gasteiger partial charge >= 0.3 is 12.4 Å². The predicted molar refractivity (Wildman–Crippen MR) is 121 cm³/mol. The van der Waals surface area contributed by atoms with Crippen molar-refractivity contribution in [3.05, 3.63) is 65.4 Å². The molecule has 16 heteroatoms. The number of hydrogen-bond acceptors (Lipinski definition) is 7. The van der Waals surface area contributed by atoms with Crippen molar-refractivity contribution in [3.63, 3.8) is 0 Å². The Labute approximate surface area is 210 Å². The minimum atomic E-state index is -4.89. The molecule has 0 amide bonds. The largest absolute Gasteiger partial charge is 0.435 e. The van der Waals surface area contributed by atoms with Gasteiger partial charge in [0.2, 0.25) is 0 Å². The first-order valence-electron chi connectivity index (χ1n) is 11.3. The Balaban J connectivity index is 1.41. The van der Waals surface area contributed by atoms with E-state index in [1.807, 2.05) is 4.90 Å². The van der Waals surface area contributed by atoms with Crippen LogP contribution in [0.1, 0.15) is 23.0 Å². The van der Waals surface area contributed by atoms with Crippen molar-refractivity contribution in [2.45, 2.75) is 24.4 Å². The fourth-order valence-electron chi connectivity index (χ4n) is 4.21. The summed E-state index contributed by atoms with van der Waals surface area (Å²) < 4.78 is 95.8. The van der Waals surface area contributed by atoms with Crippen LogP contribution < -0.4 is 10.6 Å². The highest BCUT2D eigenvalue weighted by Gasteiger charge is 2.38. The number of likely N-dealkylation sites (tertiary alicyclic amines) is 1. The Morgan fingerprint density at radius 2 is 1.68 bits per heavy atom. The monoisotopic (exact) mass is 543 g/mol. The van der Waals surface area contributed by atoms with Crippen molar-refractivity contribution in [2.75, 3.05) is 30.3 Å². The third kappa shape index (κ3) is 5.34. The van der Waals surface area contributed by atoms with Gasteiger partial charge in [0, 0.05) is 38.8 Å². The van der Waals surface area contributed by atoms with Gasteiger partial charge in [-0.15, -0.1) is 5.10 Å². The van der Waals surface area contributed by atoms with Crippen molar-refractivity contribution in [3.8, 4) is 0 Å². The van der Waals surface area contributed by atoms with Crippen LogP contribution in [-0.4, -0.2) is 60.2 Å². The second-order valence-corrected chi connectivity index (χ2v) is 8.84. The van der Waals surface area contributed by atoms with E-state index in [-0.39, 0.29) is 18.4 Å². The lowest BCUT2D eigenvalue weighted by Gasteiger charge is -2.44. The maximum absolute atomic E-state index is 13.6. The van der Waals surface area contributed by atoms with Gasteiger partial charge in [-0.1, -0.05) is 17.3 Å². The SMILES string of the molecule is Cn1cc(NC2CN(C(CNc3cc(C(F)(F)F)nc4cc(C(F)(F)F)nn34)c3ccc(F)cc3)C2)nn1. The molecular formula is C22H20F7N9. The summed E-state index contributed by atoms with van der Waals surface area (Å²) in [4.78, 5) is 5.30. The molecule has 1 unspecified atom stereocenters. The number of anilines is 2. The molecule has 1 atom stereocenters. The van der Waals surface area contributed by atoms with E-state index in [1.54, 1.807) is 25.4 Å². The number of aromatic nitrogens is 6. The number of rotatable bonds is 7. The predicted octanol–water partition coefficient (Wildman–Crippen LogP) is 3.98. The van der Waals surface area contributed by atoms with Crippen LogP contribution >= 0.6 is 0 Å². The Kier molecular flexibility index (Phi) is 6.36. The highest BCUT2D eigenvalue weighted by molar-refractivity contribution is 5.51. The molecule has 4 aromatic rings. The maximum Gasteiger partial charge on any atom is 0.435 e. The van der Waals surface area contributed by atoms with Crippen molar-refractivity contribution in [2.24, 2.45) is 7.05 Å². The topological polar surface area (TPSA) is 88.2 Å². The average Bonchev–Trinajstić information content (AvgIpc) is 3.43. The fraction of sp³-hybridized carbons (Fsp3) is 0.364. The Morgan fingerprint density at radius 3 is 2.29 bits per heavy atom. The zero-order valence-electron chi connectivity index (χ0n) is 19.6. The summed E-state index contributed by atoms with van der Waals surface area (Å²) in [7, 11) is 1.72. The summed E-state index contributed by atoms with van der Waals surface area (Å²) in [5.41, 5.74) is -2.68. The normalized spacial score (nSPS) is 16.0. The third-order valence-electron chi connectivity index (χ3n) is 6.04. The lowest BCUT2D eigenvalue weighted by Crippen LogP contribution is -2.56. The minimum absolute atomic E-state index is 0.000397. The summed E-state index contributed by atoms with van der Waals surface area (Å²) in [6.45, 7) is 1.01. The first kappa shape index (κ1) is 25.7. The Hall–Kier alpha value is -3.95. The van der Waals surface area contributed by atoms with Gasteiger partial charge in [0.25, 0.3) is 0 Å². The van der Waals surface area contributed by atoms with Crippen LogP contribution in [0.15, 0.2) is 42.6 Å². The lowest BCUT2D eigenvalue weighted by molar-refractivity contribution is -0.142. The van der Waals surface area contributed by atoms with Crippen LogP contribution in [0.5, 0.6) is 0 Å². The van der Waals surface area contributed by atoms with Gasteiger partial charge in [0.1, 0.15) is 11.6 Å². The van der Waals surface area contributed by atoms with Gasteiger partial charge in [-0.25, -0.2) is 9.37 Å². The van der Waals surface area contributed by atoms with E-state index in [2.05, 4.69) is 31.0 Å². The summed E-state index contributed by atoms with van der Waals surface area (Å²) in [6.07, 6.45) is -8.06. The third-order valence-corrected chi connectivity index (χ3v) is 6.04. The van der Waals surface area contributed by atoms with Crippen LogP contribution in [0.3, 0.4) is 0 Å². The number of halogens is 7. The molecule has 3 aromatic heterocycles. The molecule has 202 valence electrons. The molecule has 1 saturated heterocycles. The van der Waals surface area contributed by atoms with Gasteiger partial charge in [-0.3, -0.25) is 9.58 Å². The van der Waals surface area contributed by atoms with Gasteiger partial charge in [0.15, 0.2) is 22.9 Å². The quantitative estimate of drug-likeness (QED) is 0.341. The molecule has 1 aliphatic rings. The number of aryl methyl sites for hydroxylation is 1. The minimum Gasteiger partial charge on any atom is -0.368 e. The van der Waals surface area contributed by atoms with Crippen LogP contribution in [-0.2, 0) is 19.4 Å². The molecule has 38 heavy (non-hydrogen) atoms. The first-order valence-corrected chi connectivity index (χ1v) is 11.3. The molecular weight excluding hydrogens is 523 g/mol. The van der Waals surface area contributed by atoms with Gasteiger partial charge in [0.05, 0.1) is 18.3 Å². The molecule has 1 fully saturated rings. The lowest BCUT2D eigenvalue weighted by atomic mass is 9.99. The van der Waals surface area contributed by atoms with Gasteiger partial charge < -0.3 is 10.6 Å². The summed E-state index contributed by atoms with van der Waals surface area (Å²) in [6, 6.07) is 6.21. The molecule has 0 aliphatic carbocycles. The fourth-order valence-corrected chi connectivity index (χ4v) is 4.21. The van der Waals surface area contributed by atoms with E-state index in [0.717, 1.165) is 0 Å². The molecule has 0 spiro atoms. The number of nitrogens with one attached hydrogen (secondary N) is 2. The molecule has 4 heterocycles. The Bertz CT molecular complexity index is 1420. The van der Waals surface area contributed by atoms with E-state index >= 15 is 0 Å². The highest BCUT2D eigenvalue weighted by atomic mass is 19.4. The average molecular weight is 543 g/mol. The summed E-state index contributed by atoms with van der Waals surface area (Å²) >= 11 is 0. The number of nitrogens with zero attached hydrogens (tertiary/aromatic N) is 7. The van der Waals surface area contributed by atoms with Crippen molar-refractivity contribution >= 4 is 17.3 Å². The second-order valence-electron chi connectivity index (χ2n) is 8.84. The van der Waals surface area contributed by atoms with Gasteiger partial charge in [-0.2, -0.15) is 36.0 Å². The smallest absolute Gasteiger partial charge is 0.368 e. The zero-order valence-corrected chi connectivity index (χ0v) is 19.6. The zero-order chi connectivity index (χ0) is 27.2. The number of benzene rings is 1. The van der Waals surface area contributed by atoms with E-state index in [9.17, 15) is 30.7 Å². The van der Waals surface area contributed by atoms with Gasteiger partial charge in [-0.05, 0) is 17.7 Å². The summed E-state index contributed by atoms with van der Waals surface area (Å²) in [5, 5.41) is 17.3. The standard InChI is InChI=1S/C22H20F7N9/c1-36-11-18(33-35-36)31-14-9-37(10-14)15(12-2-4-13(23)5-3-12)8-30-19-6-16(21(24,25)26)32-20-7-17(22(27,28)29)34-38(19)20/h2-7,11,14-15,30-31H,8-10H2,1H3. The molecule has 5 rings (SSSR count). The highest BCUT2D eigenvalue weighted by Crippen LogP contribution is 2.34. The van der Waals surface area contributed by atoms with E-state index < -0.39 is 41.2 Å². The van der Waals surface area contributed by atoms with Crippen molar-refractivity contribution in [1.82, 2.24) is 34.5 Å². The summed E-state index contributed by atoms with van der Waals surface area (Å²) in [5.74, 6) is -0.209. The Morgan fingerprint density at radius 1 is 1.00 bits per heavy atom. The van der Waals surface area contributed by atoms with Crippen LogP contribution in [0.4, 0.5) is 42.4 Å². The number of hydrogen-bond donors (Lipinski definition) is 2. The van der Waals surface area contributed by atoms with E-state index in [0.29, 0.717) is 41.1 Å². The van der Waals surface area contributed by atoms with Crippen molar-refractivity contribution in [1.29, 1.82) is 0 Å². The number of alkyl halides is 6. The van der Waals surface area contributed by atoms with Crippen LogP contribution in [0, 0.1) is 5.82 Å². The molecule has 0 bridgehead atoms. The molecule has 0 saturated carbocycles. The number of fused-ring (bicyclic) bond motifs is 1. The molecule has 1 aromatic carbocycles.